The zero-order valence-corrected chi connectivity index (χ0v) is 15.5. The second kappa shape index (κ2) is 7.18. The molecule has 1 N–H and O–H groups in total. The molecular weight excluding hydrogens is 312 g/mol. The van der Waals surface area contributed by atoms with Crippen molar-refractivity contribution in [2.45, 2.75) is 47.1 Å². The molecule has 1 amide bonds. The van der Waals surface area contributed by atoms with E-state index in [2.05, 4.69) is 48.9 Å². The molecule has 2 aromatic heterocycles. The zero-order chi connectivity index (χ0) is 18.0. The molecule has 0 radical (unpaired) electrons. The Morgan fingerprint density at radius 1 is 1.16 bits per heavy atom. The lowest BCUT2D eigenvalue weighted by atomic mass is 10.1. The van der Waals surface area contributed by atoms with E-state index in [0.29, 0.717) is 18.8 Å². The van der Waals surface area contributed by atoms with Crippen LogP contribution in [0, 0.1) is 20.8 Å². The van der Waals surface area contributed by atoms with Gasteiger partial charge in [0.1, 0.15) is 11.5 Å². The fraction of sp³-hybridized carbons (Fsp3) is 0.381. The number of nitrogens with zero attached hydrogens (tertiary/aromatic N) is 1. The molecule has 3 rings (SSSR count). The summed E-state index contributed by atoms with van der Waals surface area (Å²) in [7, 11) is 0. The van der Waals surface area contributed by atoms with Gasteiger partial charge in [0.15, 0.2) is 5.58 Å². The average molecular weight is 338 g/mol. The summed E-state index contributed by atoms with van der Waals surface area (Å²) in [6, 6.07) is 10.3. The fourth-order valence-electron chi connectivity index (χ4n) is 3.13. The van der Waals surface area contributed by atoms with Gasteiger partial charge in [0.2, 0.25) is 0 Å². The highest BCUT2D eigenvalue weighted by Gasteiger charge is 2.19. The van der Waals surface area contributed by atoms with E-state index in [9.17, 15) is 4.79 Å². The van der Waals surface area contributed by atoms with Gasteiger partial charge in [-0.25, -0.2) is 0 Å². The lowest BCUT2D eigenvalue weighted by Crippen LogP contribution is -2.27. The number of rotatable bonds is 6. The van der Waals surface area contributed by atoms with E-state index in [4.69, 9.17) is 4.42 Å². The van der Waals surface area contributed by atoms with Crippen LogP contribution in [-0.2, 0) is 6.54 Å². The van der Waals surface area contributed by atoms with Gasteiger partial charge in [-0.05, 0) is 38.3 Å². The van der Waals surface area contributed by atoms with Crippen molar-refractivity contribution in [3.63, 3.8) is 0 Å². The average Bonchev–Trinajstić information content (AvgIpc) is 3.08. The molecule has 0 aliphatic rings. The van der Waals surface area contributed by atoms with Gasteiger partial charge in [-0.15, -0.1) is 0 Å². The lowest BCUT2D eigenvalue weighted by Gasteiger charge is -2.13. The fourth-order valence-corrected chi connectivity index (χ4v) is 3.13. The first-order chi connectivity index (χ1) is 12.0. The van der Waals surface area contributed by atoms with Gasteiger partial charge in [-0.2, -0.15) is 0 Å². The van der Waals surface area contributed by atoms with Crippen LogP contribution in [0.4, 0.5) is 0 Å². The maximum absolute atomic E-state index is 12.7. The van der Waals surface area contributed by atoms with Crippen molar-refractivity contribution >= 4 is 17.0 Å². The van der Waals surface area contributed by atoms with Crippen molar-refractivity contribution in [3.8, 4) is 0 Å². The molecule has 132 valence electrons. The number of benzene rings is 1. The van der Waals surface area contributed by atoms with Crippen molar-refractivity contribution in [1.29, 1.82) is 0 Å². The molecule has 1 aromatic carbocycles. The van der Waals surface area contributed by atoms with Gasteiger partial charge in [-0.1, -0.05) is 37.1 Å². The zero-order valence-electron chi connectivity index (χ0n) is 15.5. The highest BCUT2D eigenvalue weighted by Crippen LogP contribution is 2.26. The molecule has 0 saturated carbocycles. The number of amides is 1. The van der Waals surface area contributed by atoms with Crippen LogP contribution < -0.4 is 5.32 Å². The molecule has 0 aliphatic heterocycles. The van der Waals surface area contributed by atoms with Crippen LogP contribution in [-0.4, -0.2) is 17.0 Å². The monoisotopic (exact) mass is 338 g/mol. The Kier molecular flexibility index (Phi) is 4.98. The van der Waals surface area contributed by atoms with Gasteiger partial charge in [0.05, 0.1) is 5.52 Å². The van der Waals surface area contributed by atoms with E-state index < -0.39 is 0 Å². The topological polar surface area (TPSA) is 47.2 Å². The molecule has 25 heavy (non-hydrogen) atoms. The van der Waals surface area contributed by atoms with Gasteiger partial charge < -0.3 is 14.3 Å². The molecule has 0 spiro atoms. The Bertz CT molecular complexity index is 902. The molecule has 0 fully saturated rings. The van der Waals surface area contributed by atoms with Crippen LogP contribution in [0.2, 0.25) is 0 Å². The summed E-state index contributed by atoms with van der Waals surface area (Å²) in [6.45, 7) is 9.61. The minimum Gasteiger partial charge on any atom is -0.460 e. The van der Waals surface area contributed by atoms with E-state index in [1.54, 1.807) is 0 Å². The predicted molar refractivity (Wildman–Crippen MR) is 101 cm³/mol. The molecule has 0 unspecified atom stereocenters. The minimum absolute atomic E-state index is 0.0391. The molecule has 0 atom stereocenters. The van der Waals surface area contributed by atoms with Crippen LogP contribution in [0.3, 0.4) is 0 Å². The van der Waals surface area contributed by atoms with Crippen molar-refractivity contribution in [1.82, 2.24) is 9.88 Å². The minimum atomic E-state index is -0.0391. The molecule has 4 heteroatoms. The summed E-state index contributed by atoms with van der Waals surface area (Å²) >= 11 is 0. The normalized spacial score (nSPS) is 11.2. The maximum atomic E-state index is 12.7. The van der Waals surface area contributed by atoms with Crippen LogP contribution in [0.1, 0.15) is 52.7 Å². The SMILES string of the molecule is CCCCNC(=O)c1cc2oc(C)cc2n1Cc1cc(C)ccc1C. The van der Waals surface area contributed by atoms with Crippen molar-refractivity contribution in [2.75, 3.05) is 6.54 Å². The number of furan rings is 1. The van der Waals surface area contributed by atoms with Gasteiger partial charge in [0.25, 0.3) is 5.91 Å². The van der Waals surface area contributed by atoms with Crippen molar-refractivity contribution in [2.24, 2.45) is 0 Å². The Balaban J connectivity index is 2.00. The van der Waals surface area contributed by atoms with E-state index in [1.165, 1.54) is 16.7 Å². The molecule has 0 bridgehead atoms. The number of carbonyl (C=O) groups is 1. The van der Waals surface area contributed by atoms with Crippen LogP contribution in [0.15, 0.2) is 34.7 Å². The molecule has 0 saturated heterocycles. The summed E-state index contributed by atoms with van der Waals surface area (Å²) in [6.07, 6.45) is 2.05. The molecular formula is C21H26N2O2. The van der Waals surface area contributed by atoms with E-state index in [-0.39, 0.29) is 5.91 Å². The van der Waals surface area contributed by atoms with Crippen molar-refractivity contribution < 1.29 is 9.21 Å². The van der Waals surface area contributed by atoms with E-state index in [1.807, 2.05) is 19.1 Å². The second-order valence-corrected chi connectivity index (χ2v) is 6.76. The van der Waals surface area contributed by atoms with Gasteiger partial charge in [-0.3, -0.25) is 4.79 Å². The number of fused-ring (bicyclic) bond motifs is 1. The number of aryl methyl sites for hydroxylation is 3. The Labute approximate surface area is 148 Å². The largest absolute Gasteiger partial charge is 0.460 e. The highest BCUT2D eigenvalue weighted by atomic mass is 16.3. The maximum Gasteiger partial charge on any atom is 0.268 e. The number of hydrogen-bond acceptors (Lipinski definition) is 2. The highest BCUT2D eigenvalue weighted by molar-refractivity contribution is 5.97. The van der Waals surface area contributed by atoms with Crippen LogP contribution in [0.25, 0.3) is 11.1 Å². The first kappa shape index (κ1) is 17.3. The molecule has 2 heterocycles. The quantitative estimate of drug-likeness (QED) is 0.660. The van der Waals surface area contributed by atoms with Gasteiger partial charge >= 0.3 is 0 Å². The Morgan fingerprint density at radius 3 is 2.72 bits per heavy atom. The summed E-state index contributed by atoms with van der Waals surface area (Å²) < 4.78 is 7.82. The second-order valence-electron chi connectivity index (χ2n) is 6.76. The standard InChI is InChI=1S/C21H26N2O2/c1-5-6-9-22-21(24)19-12-20-18(11-16(4)25-20)23(19)13-17-10-14(2)7-8-15(17)3/h7-8,10-12H,5-6,9,13H2,1-4H3,(H,22,24). The predicted octanol–water partition coefficient (Wildman–Crippen LogP) is 4.74. The summed E-state index contributed by atoms with van der Waals surface area (Å²) in [5, 5.41) is 3.02. The third-order valence-electron chi connectivity index (χ3n) is 4.59. The van der Waals surface area contributed by atoms with Crippen LogP contribution >= 0.6 is 0 Å². The van der Waals surface area contributed by atoms with Gasteiger partial charge in [0, 0.05) is 25.2 Å². The number of hydrogen-bond donors (Lipinski definition) is 1. The third kappa shape index (κ3) is 3.63. The van der Waals surface area contributed by atoms with E-state index >= 15 is 0 Å². The Hall–Kier alpha value is -2.49. The molecule has 4 nitrogen and oxygen atoms in total. The number of nitrogens with one attached hydrogen (secondary N) is 1. The van der Waals surface area contributed by atoms with Crippen LogP contribution in [0.5, 0.6) is 0 Å². The third-order valence-corrected chi connectivity index (χ3v) is 4.59. The Morgan fingerprint density at radius 2 is 1.96 bits per heavy atom. The van der Waals surface area contributed by atoms with E-state index in [0.717, 1.165) is 29.7 Å². The number of unbranched alkanes of at least 4 members (excludes halogenated alkanes) is 1. The first-order valence-electron chi connectivity index (χ1n) is 8.93. The lowest BCUT2D eigenvalue weighted by molar-refractivity contribution is 0.0944. The number of aromatic nitrogens is 1. The number of carbonyl (C=O) groups excluding carboxylic acids is 1. The summed E-state index contributed by atoms with van der Waals surface area (Å²) in [4.78, 5) is 12.7. The smallest absolute Gasteiger partial charge is 0.268 e. The summed E-state index contributed by atoms with van der Waals surface area (Å²) in [5.41, 5.74) is 6.07. The van der Waals surface area contributed by atoms with Crippen molar-refractivity contribution in [3.05, 3.63) is 58.5 Å². The molecule has 0 aliphatic carbocycles. The molecule has 3 aromatic rings. The first-order valence-corrected chi connectivity index (χ1v) is 8.93. The summed E-state index contributed by atoms with van der Waals surface area (Å²) in [5.74, 6) is 0.820.